The average Bonchev–Trinajstić information content (AvgIpc) is 2.91. The summed E-state index contributed by atoms with van der Waals surface area (Å²) in [5.41, 5.74) is 7.84. The van der Waals surface area contributed by atoms with Crippen LogP contribution in [0.4, 0.5) is 5.69 Å². The van der Waals surface area contributed by atoms with Gasteiger partial charge in [-0.25, -0.2) is 0 Å². The maximum atomic E-state index is 6.12. The standard InChI is InChI=1S/C16H21N3O2/c17-13-2-1-12-11-18-19(15(12)9-13)14-3-6-21-16(10-14)4-7-20-8-5-16/h1-2,9,11,14H,3-8,10,17H2. The summed E-state index contributed by atoms with van der Waals surface area (Å²) in [6, 6.07) is 6.38. The molecule has 5 nitrogen and oxygen atoms in total. The molecular weight excluding hydrogens is 266 g/mol. The van der Waals surface area contributed by atoms with Crippen molar-refractivity contribution in [3.8, 4) is 0 Å². The number of ether oxygens (including phenoxy) is 2. The molecule has 2 N–H and O–H groups in total. The largest absolute Gasteiger partial charge is 0.399 e. The van der Waals surface area contributed by atoms with Crippen molar-refractivity contribution in [2.45, 2.75) is 37.3 Å². The molecule has 2 saturated heterocycles. The molecule has 0 radical (unpaired) electrons. The maximum absolute atomic E-state index is 6.12. The topological polar surface area (TPSA) is 62.3 Å². The van der Waals surface area contributed by atoms with E-state index in [9.17, 15) is 0 Å². The molecule has 1 unspecified atom stereocenters. The van der Waals surface area contributed by atoms with Crippen molar-refractivity contribution in [2.24, 2.45) is 0 Å². The zero-order chi connectivity index (χ0) is 14.3. The highest BCUT2D eigenvalue weighted by molar-refractivity contribution is 5.81. The van der Waals surface area contributed by atoms with Crippen LogP contribution in [-0.2, 0) is 9.47 Å². The first kappa shape index (κ1) is 13.1. The van der Waals surface area contributed by atoms with E-state index in [0.717, 1.165) is 62.1 Å². The third kappa shape index (κ3) is 2.30. The molecule has 1 spiro atoms. The third-order valence-corrected chi connectivity index (χ3v) is 4.84. The predicted octanol–water partition coefficient (Wildman–Crippen LogP) is 2.52. The molecule has 1 atom stereocenters. The van der Waals surface area contributed by atoms with Gasteiger partial charge in [-0.3, -0.25) is 4.68 Å². The highest BCUT2D eigenvalue weighted by Crippen LogP contribution is 2.39. The molecule has 4 rings (SSSR count). The van der Waals surface area contributed by atoms with E-state index in [4.69, 9.17) is 15.2 Å². The number of aromatic nitrogens is 2. The molecule has 2 aliphatic heterocycles. The Morgan fingerprint density at radius 3 is 2.95 bits per heavy atom. The minimum Gasteiger partial charge on any atom is -0.399 e. The monoisotopic (exact) mass is 287 g/mol. The Balaban J connectivity index is 1.66. The van der Waals surface area contributed by atoms with Gasteiger partial charge in [0.05, 0.1) is 23.4 Å². The first-order valence-corrected chi connectivity index (χ1v) is 7.70. The van der Waals surface area contributed by atoms with Crippen molar-refractivity contribution >= 4 is 16.6 Å². The Morgan fingerprint density at radius 1 is 1.24 bits per heavy atom. The highest BCUT2D eigenvalue weighted by Gasteiger charge is 2.40. The summed E-state index contributed by atoms with van der Waals surface area (Å²) in [6.07, 6.45) is 5.94. The summed E-state index contributed by atoms with van der Waals surface area (Å²) < 4.78 is 13.8. The van der Waals surface area contributed by atoms with Crippen LogP contribution >= 0.6 is 0 Å². The number of nitrogen functional groups attached to an aromatic ring is 1. The molecular formula is C16H21N3O2. The molecule has 2 fully saturated rings. The van der Waals surface area contributed by atoms with Crippen LogP contribution in [0.5, 0.6) is 0 Å². The van der Waals surface area contributed by atoms with Crippen LogP contribution in [0.25, 0.3) is 10.9 Å². The molecule has 1 aromatic heterocycles. The lowest BCUT2D eigenvalue weighted by molar-refractivity contribution is -0.145. The van der Waals surface area contributed by atoms with Crippen molar-refractivity contribution < 1.29 is 9.47 Å². The summed E-state index contributed by atoms with van der Waals surface area (Å²) >= 11 is 0. The van der Waals surface area contributed by atoms with E-state index in [1.807, 2.05) is 24.4 Å². The number of nitrogens with zero attached hydrogens (tertiary/aromatic N) is 2. The maximum Gasteiger partial charge on any atom is 0.0746 e. The Kier molecular flexibility index (Phi) is 3.12. The molecule has 0 aliphatic carbocycles. The number of benzene rings is 1. The smallest absolute Gasteiger partial charge is 0.0746 e. The van der Waals surface area contributed by atoms with Gasteiger partial charge in [0, 0.05) is 30.9 Å². The average molecular weight is 287 g/mol. The van der Waals surface area contributed by atoms with E-state index in [1.54, 1.807) is 0 Å². The molecule has 2 aliphatic rings. The number of anilines is 1. The van der Waals surface area contributed by atoms with Crippen molar-refractivity contribution in [3.63, 3.8) is 0 Å². The molecule has 0 bridgehead atoms. The molecule has 5 heteroatoms. The van der Waals surface area contributed by atoms with Crippen molar-refractivity contribution in [2.75, 3.05) is 25.6 Å². The van der Waals surface area contributed by atoms with Gasteiger partial charge in [0.2, 0.25) is 0 Å². The van der Waals surface area contributed by atoms with Gasteiger partial charge in [0.15, 0.2) is 0 Å². The van der Waals surface area contributed by atoms with Gasteiger partial charge in [-0.2, -0.15) is 5.10 Å². The van der Waals surface area contributed by atoms with Gasteiger partial charge in [0.1, 0.15) is 0 Å². The van der Waals surface area contributed by atoms with Gasteiger partial charge in [-0.05, 0) is 43.9 Å². The minimum atomic E-state index is -0.0141. The molecule has 3 heterocycles. The zero-order valence-corrected chi connectivity index (χ0v) is 12.1. The summed E-state index contributed by atoms with van der Waals surface area (Å²) in [4.78, 5) is 0. The van der Waals surface area contributed by atoms with Gasteiger partial charge >= 0.3 is 0 Å². The Hall–Kier alpha value is -1.59. The summed E-state index contributed by atoms with van der Waals surface area (Å²) in [6.45, 7) is 2.41. The van der Waals surface area contributed by atoms with Gasteiger partial charge in [0.25, 0.3) is 0 Å². The van der Waals surface area contributed by atoms with Crippen LogP contribution in [0.3, 0.4) is 0 Å². The highest BCUT2D eigenvalue weighted by atomic mass is 16.5. The summed E-state index contributed by atoms with van der Waals surface area (Å²) in [5.74, 6) is 0. The Bertz CT molecular complexity index is 640. The number of nitrogens with two attached hydrogens (primary N) is 1. The van der Waals surface area contributed by atoms with Crippen molar-refractivity contribution in [1.29, 1.82) is 0 Å². The Morgan fingerprint density at radius 2 is 2.10 bits per heavy atom. The molecule has 112 valence electrons. The fourth-order valence-electron chi connectivity index (χ4n) is 3.65. The van der Waals surface area contributed by atoms with Crippen LogP contribution in [0.2, 0.25) is 0 Å². The second-order valence-electron chi connectivity index (χ2n) is 6.20. The van der Waals surface area contributed by atoms with Crippen molar-refractivity contribution in [3.05, 3.63) is 24.4 Å². The fraction of sp³-hybridized carbons (Fsp3) is 0.562. The second-order valence-corrected chi connectivity index (χ2v) is 6.20. The SMILES string of the molecule is Nc1ccc2cnn(C3CCOC4(CCOCC4)C3)c2c1. The lowest BCUT2D eigenvalue weighted by Gasteiger charge is -2.43. The first-order chi connectivity index (χ1) is 10.3. The normalized spacial score (nSPS) is 25.4. The molecule has 2 aromatic rings. The number of rotatable bonds is 1. The zero-order valence-electron chi connectivity index (χ0n) is 12.1. The molecule has 1 aromatic carbocycles. The van der Waals surface area contributed by atoms with E-state index < -0.39 is 0 Å². The van der Waals surface area contributed by atoms with Crippen LogP contribution in [0, 0.1) is 0 Å². The van der Waals surface area contributed by atoms with Crippen LogP contribution in [0.15, 0.2) is 24.4 Å². The van der Waals surface area contributed by atoms with Crippen LogP contribution < -0.4 is 5.73 Å². The van der Waals surface area contributed by atoms with E-state index in [1.165, 1.54) is 0 Å². The lowest BCUT2D eigenvalue weighted by Crippen LogP contribution is -2.44. The molecule has 21 heavy (non-hydrogen) atoms. The fourth-order valence-corrected chi connectivity index (χ4v) is 3.65. The van der Waals surface area contributed by atoms with E-state index >= 15 is 0 Å². The van der Waals surface area contributed by atoms with Gasteiger partial charge < -0.3 is 15.2 Å². The van der Waals surface area contributed by atoms with Crippen molar-refractivity contribution in [1.82, 2.24) is 9.78 Å². The number of hydrogen-bond donors (Lipinski definition) is 1. The Labute approximate surface area is 124 Å². The number of hydrogen-bond acceptors (Lipinski definition) is 4. The van der Waals surface area contributed by atoms with E-state index in [2.05, 4.69) is 9.78 Å². The predicted molar refractivity (Wildman–Crippen MR) is 81.2 cm³/mol. The van der Waals surface area contributed by atoms with E-state index in [-0.39, 0.29) is 5.60 Å². The molecule has 0 amide bonds. The summed E-state index contributed by atoms with van der Waals surface area (Å²) in [5, 5.41) is 5.76. The quantitative estimate of drug-likeness (QED) is 0.819. The van der Waals surface area contributed by atoms with Gasteiger partial charge in [-0.1, -0.05) is 0 Å². The minimum absolute atomic E-state index is 0.0141. The molecule has 0 saturated carbocycles. The third-order valence-electron chi connectivity index (χ3n) is 4.84. The van der Waals surface area contributed by atoms with E-state index in [0.29, 0.717) is 6.04 Å². The second kappa shape index (κ2) is 5.00. The van der Waals surface area contributed by atoms with Gasteiger partial charge in [-0.15, -0.1) is 0 Å². The van der Waals surface area contributed by atoms with Crippen LogP contribution in [0.1, 0.15) is 31.7 Å². The summed E-state index contributed by atoms with van der Waals surface area (Å²) in [7, 11) is 0. The van der Waals surface area contributed by atoms with Crippen LogP contribution in [-0.4, -0.2) is 35.2 Å². The number of fused-ring (bicyclic) bond motifs is 1. The lowest BCUT2D eigenvalue weighted by atomic mass is 9.84. The first-order valence-electron chi connectivity index (χ1n) is 7.70.